The van der Waals surface area contributed by atoms with Crippen LogP contribution in [0.2, 0.25) is 0 Å². The Labute approximate surface area is 96.1 Å². The van der Waals surface area contributed by atoms with Gasteiger partial charge in [0.15, 0.2) is 6.10 Å². The molecule has 0 aromatic heterocycles. The van der Waals surface area contributed by atoms with Gasteiger partial charge in [0.2, 0.25) is 6.10 Å². The Bertz CT molecular complexity index is 415. The molecule has 0 spiro atoms. The van der Waals surface area contributed by atoms with Crippen molar-refractivity contribution >= 4 is 17.6 Å². The molecule has 0 bridgehead atoms. The molecule has 0 amide bonds. The third-order valence-electron chi connectivity index (χ3n) is 1.93. The first-order chi connectivity index (χ1) is 7.91. The first kappa shape index (κ1) is 12.8. The van der Waals surface area contributed by atoms with Gasteiger partial charge in [-0.05, 0) is 24.3 Å². The Kier molecular flexibility index (Phi) is 3.89. The molecule has 0 fully saturated rings. The van der Waals surface area contributed by atoms with Crippen molar-refractivity contribution in [3.05, 3.63) is 24.3 Å². The number of carbonyl (C=O) groups is 2. The van der Waals surface area contributed by atoms with Crippen molar-refractivity contribution in [2.24, 2.45) is 0 Å². The van der Waals surface area contributed by atoms with Crippen LogP contribution in [0.15, 0.2) is 24.3 Å². The summed E-state index contributed by atoms with van der Waals surface area (Å²) in [7, 11) is 0. The molecular weight excluding hydrogens is 230 g/mol. The van der Waals surface area contributed by atoms with Crippen LogP contribution in [-0.2, 0) is 9.59 Å². The summed E-state index contributed by atoms with van der Waals surface area (Å²) in [6.07, 6.45) is -4.03. The molecule has 7 nitrogen and oxygen atoms in total. The van der Waals surface area contributed by atoms with Crippen molar-refractivity contribution in [1.82, 2.24) is 0 Å². The van der Waals surface area contributed by atoms with E-state index in [0.717, 1.165) is 0 Å². The molecule has 1 aromatic carbocycles. The summed E-state index contributed by atoms with van der Waals surface area (Å²) < 4.78 is 4.87. The van der Waals surface area contributed by atoms with Crippen LogP contribution in [-0.4, -0.2) is 39.5 Å². The molecule has 5 N–H and O–H groups in total. The summed E-state index contributed by atoms with van der Waals surface area (Å²) >= 11 is 0. The van der Waals surface area contributed by atoms with Gasteiger partial charge >= 0.3 is 11.9 Å². The number of ether oxygens (including phenoxy) is 1. The van der Waals surface area contributed by atoms with Gasteiger partial charge < -0.3 is 25.8 Å². The van der Waals surface area contributed by atoms with Crippen molar-refractivity contribution in [2.75, 3.05) is 5.73 Å². The molecule has 1 aromatic rings. The Hall–Kier alpha value is -2.28. The van der Waals surface area contributed by atoms with Crippen LogP contribution in [0.4, 0.5) is 5.69 Å². The van der Waals surface area contributed by atoms with E-state index in [2.05, 4.69) is 0 Å². The number of aliphatic carboxylic acids is 2. The summed E-state index contributed by atoms with van der Waals surface area (Å²) in [5.41, 5.74) is 5.86. The molecule has 0 aliphatic heterocycles. The van der Waals surface area contributed by atoms with Crippen LogP contribution < -0.4 is 10.5 Å². The fourth-order valence-electron chi connectivity index (χ4n) is 1.07. The molecule has 2 unspecified atom stereocenters. The summed E-state index contributed by atoms with van der Waals surface area (Å²) in [6, 6.07) is 5.67. The number of carboxylic acids is 2. The van der Waals surface area contributed by atoms with Gasteiger partial charge in [0.1, 0.15) is 5.75 Å². The van der Waals surface area contributed by atoms with Crippen LogP contribution in [0.5, 0.6) is 5.75 Å². The second kappa shape index (κ2) is 5.17. The number of aliphatic hydroxyl groups excluding tert-OH is 1. The van der Waals surface area contributed by atoms with E-state index in [9.17, 15) is 9.59 Å². The summed E-state index contributed by atoms with van der Waals surface area (Å²) in [6.45, 7) is 0. The number of anilines is 1. The van der Waals surface area contributed by atoms with Crippen LogP contribution in [0.1, 0.15) is 0 Å². The highest BCUT2D eigenvalue weighted by Crippen LogP contribution is 2.16. The number of benzene rings is 1. The number of nitrogens with two attached hydrogens (primary N) is 1. The van der Waals surface area contributed by atoms with Gasteiger partial charge in [0.25, 0.3) is 0 Å². The van der Waals surface area contributed by atoms with Crippen molar-refractivity contribution in [2.45, 2.75) is 12.2 Å². The second-order valence-electron chi connectivity index (χ2n) is 3.23. The third-order valence-corrected chi connectivity index (χ3v) is 1.93. The van der Waals surface area contributed by atoms with Gasteiger partial charge in [-0.2, -0.15) is 0 Å². The lowest BCUT2D eigenvalue weighted by Crippen LogP contribution is -2.43. The number of hydrogen-bond acceptors (Lipinski definition) is 5. The van der Waals surface area contributed by atoms with E-state index in [4.69, 9.17) is 25.8 Å². The molecule has 0 radical (unpaired) electrons. The average Bonchev–Trinajstić information content (AvgIpc) is 2.26. The SMILES string of the molecule is Nc1ccc(OC(C(=O)O)C(O)C(=O)O)cc1. The van der Waals surface area contributed by atoms with Crippen molar-refractivity contribution in [1.29, 1.82) is 0 Å². The second-order valence-corrected chi connectivity index (χ2v) is 3.23. The fraction of sp³-hybridized carbons (Fsp3) is 0.200. The number of nitrogen functional groups attached to an aromatic ring is 1. The molecule has 0 saturated heterocycles. The van der Waals surface area contributed by atoms with Gasteiger partial charge in [-0.1, -0.05) is 0 Å². The molecule has 1 rings (SSSR count). The normalized spacial score (nSPS) is 13.7. The predicted octanol–water partition coefficient (Wildman–Crippen LogP) is -0.454. The van der Waals surface area contributed by atoms with Crippen LogP contribution >= 0.6 is 0 Å². The molecule has 0 aliphatic rings. The van der Waals surface area contributed by atoms with Crippen molar-refractivity contribution < 1.29 is 29.6 Å². The molecular formula is C10H11NO6. The summed E-state index contributed by atoms with van der Waals surface area (Å²) in [4.78, 5) is 21.2. The van der Waals surface area contributed by atoms with E-state index in [1.807, 2.05) is 0 Å². The highest BCUT2D eigenvalue weighted by molar-refractivity contribution is 5.83. The third kappa shape index (κ3) is 3.35. The van der Waals surface area contributed by atoms with E-state index in [1.54, 1.807) is 0 Å². The minimum atomic E-state index is -2.15. The Morgan fingerprint density at radius 1 is 1.12 bits per heavy atom. The average molecular weight is 241 g/mol. The highest BCUT2D eigenvalue weighted by atomic mass is 16.5. The Balaban J connectivity index is 2.84. The first-order valence-electron chi connectivity index (χ1n) is 4.57. The maximum Gasteiger partial charge on any atom is 0.348 e. The van der Waals surface area contributed by atoms with Gasteiger partial charge in [-0.3, -0.25) is 0 Å². The molecule has 0 aliphatic carbocycles. The molecule has 7 heteroatoms. The minimum Gasteiger partial charge on any atom is -0.479 e. The zero-order chi connectivity index (χ0) is 13.0. The van der Waals surface area contributed by atoms with Gasteiger partial charge in [-0.15, -0.1) is 0 Å². The molecule has 92 valence electrons. The number of hydrogen-bond donors (Lipinski definition) is 4. The lowest BCUT2D eigenvalue weighted by molar-refractivity contribution is -0.163. The number of aliphatic hydroxyl groups is 1. The lowest BCUT2D eigenvalue weighted by atomic mass is 10.2. The zero-order valence-corrected chi connectivity index (χ0v) is 8.61. The highest BCUT2D eigenvalue weighted by Gasteiger charge is 2.34. The molecule has 0 heterocycles. The van der Waals surface area contributed by atoms with E-state index in [0.29, 0.717) is 5.69 Å². The summed E-state index contributed by atoms with van der Waals surface area (Å²) in [5.74, 6) is -3.14. The van der Waals surface area contributed by atoms with E-state index in [1.165, 1.54) is 24.3 Å². The Morgan fingerprint density at radius 2 is 1.65 bits per heavy atom. The Morgan fingerprint density at radius 3 is 2.06 bits per heavy atom. The topological polar surface area (TPSA) is 130 Å². The van der Waals surface area contributed by atoms with Gasteiger partial charge in [-0.25, -0.2) is 9.59 Å². The van der Waals surface area contributed by atoms with E-state index in [-0.39, 0.29) is 5.75 Å². The van der Waals surface area contributed by atoms with Gasteiger partial charge in [0.05, 0.1) is 0 Å². The lowest BCUT2D eigenvalue weighted by Gasteiger charge is -2.17. The van der Waals surface area contributed by atoms with Crippen LogP contribution in [0.3, 0.4) is 0 Å². The van der Waals surface area contributed by atoms with Crippen molar-refractivity contribution in [3.8, 4) is 5.75 Å². The quantitative estimate of drug-likeness (QED) is 0.513. The number of carboxylic acid groups (broad SMARTS) is 2. The zero-order valence-electron chi connectivity index (χ0n) is 8.61. The molecule has 17 heavy (non-hydrogen) atoms. The molecule has 0 saturated carbocycles. The standard InChI is InChI=1S/C10H11NO6/c11-5-1-3-6(4-2-5)17-8(10(15)16)7(12)9(13)14/h1-4,7-8,12H,11H2,(H,13,14)(H,15,16). The largest absolute Gasteiger partial charge is 0.479 e. The number of rotatable bonds is 5. The smallest absolute Gasteiger partial charge is 0.348 e. The molecule has 2 atom stereocenters. The maximum absolute atomic E-state index is 10.7. The van der Waals surface area contributed by atoms with Crippen LogP contribution in [0, 0.1) is 0 Å². The van der Waals surface area contributed by atoms with Crippen molar-refractivity contribution in [3.63, 3.8) is 0 Å². The monoisotopic (exact) mass is 241 g/mol. The minimum absolute atomic E-state index is 0.104. The maximum atomic E-state index is 10.7. The van der Waals surface area contributed by atoms with Gasteiger partial charge in [0, 0.05) is 5.69 Å². The first-order valence-corrected chi connectivity index (χ1v) is 4.57. The predicted molar refractivity (Wildman–Crippen MR) is 56.5 cm³/mol. The fourth-order valence-corrected chi connectivity index (χ4v) is 1.07. The van der Waals surface area contributed by atoms with E-state index >= 15 is 0 Å². The van der Waals surface area contributed by atoms with Crippen LogP contribution in [0.25, 0.3) is 0 Å². The summed E-state index contributed by atoms with van der Waals surface area (Å²) in [5, 5.41) is 26.4. The van der Waals surface area contributed by atoms with E-state index < -0.39 is 24.1 Å².